The predicted molar refractivity (Wildman–Crippen MR) is 61.8 cm³/mol. The van der Waals surface area contributed by atoms with E-state index >= 15 is 0 Å². The van der Waals surface area contributed by atoms with E-state index in [1.54, 1.807) is 6.92 Å². The molecule has 15 heavy (non-hydrogen) atoms. The Bertz CT molecular complexity index is 217. The van der Waals surface area contributed by atoms with Crippen LogP contribution in [-0.4, -0.2) is 45.2 Å². The lowest BCUT2D eigenvalue weighted by Gasteiger charge is -2.21. The average Bonchev–Trinajstić information content (AvgIpc) is 2.22. The quantitative estimate of drug-likeness (QED) is 0.349. The molecule has 0 saturated carbocycles. The Labute approximate surface area is 93.4 Å². The van der Waals surface area contributed by atoms with Crippen molar-refractivity contribution >= 4 is 16.2 Å². The molecule has 0 aromatic heterocycles. The lowest BCUT2D eigenvalue weighted by Crippen LogP contribution is -2.34. The number of ether oxygens (including phenoxy) is 1. The van der Waals surface area contributed by atoms with Gasteiger partial charge in [0.05, 0.1) is 6.61 Å². The minimum atomic E-state index is -0.999. The zero-order valence-electron chi connectivity index (χ0n) is 9.40. The number of carbonyl (C=O) groups is 1. The summed E-state index contributed by atoms with van der Waals surface area (Å²) in [4.78, 5) is 11.2. The van der Waals surface area contributed by atoms with E-state index in [-0.39, 0.29) is 0 Å². The molecule has 88 valence electrons. The van der Waals surface area contributed by atoms with Gasteiger partial charge in [-0.3, -0.25) is 0 Å². The second-order valence-electron chi connectivity index (χ2n) is 3.62. The van der Waals surface area contributed by atoms with Crippen LogP contribution >= 0.6 is 0 Å². The van der Waals surface area contributed by atoms with Crippen molar-refractivity contribution in [2.45, 2.75) is 38.0 Å². The van der Waals surface area contributed by atoms with E-state index in [4.69, 9.17) is 9.84 Å². The topological polar surface area (TPSA) is 66.8 Å². The molecule has 0 bridgehead atoms. The van der Waals surface area contributed by atoms with Crippen LogP contribution in [0.25, 0.3) is 0 Å². The number of carbonyl (C=O) groups excluding carboxylic acids is 1. The summed E-state index contributed by atoms with van der Waals surface area (Å²) >= 11 is 0. The summed E-state index contributed by atoms with van der Waals surface area (Å²) in [5.41, 5.74) is 0.302. The SMILES string of the molecule is C=C(C)C(=O)OC(CCC[SiH3])C(O)CO. The van der Waals surface area contributed by atoms with Crippen molar-refractivity contribution in [1.29, 1.82) is 0 Å². The van der Waals surface area contributed by atoms with Crippen molar-refractivity contribution in [1.82, 2.24) is 0 Å². The van der Waals surface area contributed by atoms with Gasteiger partial charge in [-0.25, -0.2) is 4.79 Å². The molecule has 0 aliphatic rings. The van der Waals surface area contributed by atoms with E-state index < -0.39 is 24.8 Å². The van der Waals surface area contributed by atoms with Crippen LogP contribution in [0.4, 0.5) is 0 Å². The van der Waals surface area contributed by atoms with Crippen molar-refractivity contribution in [3.8, 4) is 0 Å². The second kappa shape index (κ2) is 7.61. The molecule has 0 radical (unpaired) electrons. The monoisotopic (exact) mass is 232 g/mol. The number of rotatable bonds is 7. The van der Waals surface area contributed by atoms with E-state index in [9.17, 15) is 9.90 Å². The maximum atomic E-state index is 11.2. The zero-order chi connectivity index (χ0) is 11.8. The third-order valence-electron chi connectivity index (χ3n) is 2.07. The molecule has 0 spiro atoms. The minimum absolute atomic E-state index is 0.302. The van der Waals surface area contributed by atoms with E-state index in [0.717, 1.165) is 22.7 Å². The van der Waals surface area contributed by atoms with Crippen LogP contribution in [0.2, 0.25) is 6.04 Å². The molecule has 0 amide bonds. The molecule has 2 unspecified atom stereocenters. The van der Waals surface area contributed by atoms with Gasteiger partial charge in [0.25, 0.3) is 0 Å². The second-order valence-corrected chi connectivity index (χ2v) is 4.62. The van der Waals surface area contributed by atoms with E-state index in [0.29, 0.717) is 12.0 Å². The van der Waals surface area contributed by atoms with Gasteiger partial charge < -0.3 is 14.9 Å². The fourth-order valence-corrected chi connectivity index (χ4v) is 1.50. The van der Waals surface area contributed by atoms with Crippen LogP contribution in [0, 0.1) is 0 Å². The summed E-state index contributed by atoms with van der Waals surface area (Å²) in [6.07, 6.45) is -0.128. The van der Waals surface area contributed by atoms with Gasteiger partial charge in [-0.05, 0) is 13.3 Å². The van der Waals surface area contributed by atoms with Gasteiger partial charge in [-0.15, -0.1) is 0 Å². The third-order valence-corrected chi connectivity index (χ3v) is 2.77. The van der Waals surface area contributed by atoms with Crippen LogP contribution in [0.15, 0.2) is 12.2 Å². The summed E-state index contributed by atoms with van der Waals surface area (Å²) in [6.45, 7) is 4.62. The van der Waals surface area contributed by atoms with Crippen LogP contribution in [0.3, 0.4) is 0 Å². The number of hydrogen-bond donors (Lipinski definition) is 2. The molecule has 5 heteroatoms. The van der Waals surface area contributed by atoms with Crippen LogP contribution in [0.5, 0.6) is 0 Å². The summed E-state index contributed by atoms with van der Waals surface area (Å²) in [5, 5.41) is 18.2. The molecule has 0 heterocycles. The number of esters is 1. The van der Waals surface area contributed by atoms with Crippen LogP contribution in [0.1, 0.15) is 19.8 Å². The normalized spacial score (nSPS) is 14.6. The number of aliphatic hydroxyl groups is 2. The first kappa shape index (κ1) is 14.3. The van der Waals surface area contributed by atoms with Gasteiger partial charge in [0, 0.05) is 15.8 Å². The van der Waals surface area contributed by atoms with Crippen molar-refractivity contribution in [3.63, 3.8) is 0 Å². The van der Waals surface area contributed by atoms with E-state index in [1.807, 2.05) is 0 Å². The van der Waals surface area contributed by atoms with Crippen molar-refractivity contribution in [2.75, 3.05) is 6.61 Å². The highest BCUT2D eigenvalue weighted by Crippen LogP contribution is 2.11. The molecule has 2 N–H and O–H groups in total. The largest absolute Gasteiger partial charge is 0.456 e. The maximum absolute atomic E-state index is 11.2. The summed E-state index contributed by atoms with van der Waals surface area (Å²) in [6, 6.07) is 1.08. The Hall–Kier alpha value is -0.653. The Balaban J connectivity index is 4.23. The Morgan fingerprint density at radius 2 is 2.20 bits per heavy atom. The first-order chi connectivity index (χ1) is 7.02. The molecule has 2 atom stereocenters. The highest BCUT2D eigenvalue weighted by atomic mass is 28.1. The summed E-state index contributed by atoms with van der Waals surface area (Å²) in [5.74, 6) is -0.513. The molecular formula is C10H20O4Si. The van der Waals surface area contributed by atoms with Gasteiger partial charge in [0.2, 0.25) is 0 Å². The predicted octanol–water partition coefficient (Wildman–Crippen LogP) is -0.609. The first-order valence-electron chi connectivity index (χ1n) is 5.18. The fourth-order valence-electron chi connectivity index (χ4n) is 1.09. The van der Waals surface area contributed by atoms with E-state index in [2.05, 4.69) is 6.58 Å². The van der Waals surface area contributed by atoms with Gasteiger partial charge in [0.1, 0.15) is 12.2 Å². The summed E-state index contributed by atoms with van der Waals surface area (Å²) in [7, 11) is 1.09. The average molecular weight is 232 g/mol. The molecule has 0 aliphatic carbocycles. The Morgan fingerprint density at radius 1 is 1.60 bits per heavy atom. The molecule has 4 nitrogen and oxygen atoms in total. The molecule has 0 rings (SSSR count). The van der Waals surface area contributed by atoms with Crippen LogP contribution in [-0.2, 0) is 9.53 Å². The maximum Gasteiger partial charge on any atom is 0.333 e. The Kier molecular flexibility index (Phi) is 7.28. The van der Waals surface area contributed by atoms with Crippen LogP contribution < -0.4 is 0 Å². The molecule has 0 aromatic rings. The van der Waals surface area contributed by atoms with Gasteiger partial charge >= 0.3 is 5.97 Å². The number of hydrogen-bond acceptors (Lipinski definition) is 4. The fraction of sp³-hybridized carbons (Fsp3) is 0.700. The Morgan fingerprint density at radius 3 is 2.60 bits per heavy atom. The van der Waals surface area contributed by atoms with E-state index in [1.165, 1.54) is 0 Å². The highest BCUT2D eigenvalue weighted by molar-refractivity contribution is 6.08. The molecular weight excluding hydrogens is 212 g/mol. The first-order valence-corrected chi connectivity index (χ1v) is 6.59. The third kappa shape index (κ3) is 5.71. The van der Waals surface area contributed by atoms with Gasteiger partial charge in [0.15, 0.2) is 0 Å². The molecule has 0 fully saturated rings. The smallest absolute Gasteiger partial charge is 0.333 e. The molecule has 0 aromatic carbocycles. The minimum Gasteiger partial charge on any atom is -0.456 e. The molecule has 0 aliphatic heterocycles. The highest BCUT2D eigenvalue weighted by Gasteiger charge is 2.22. The van der Waals surface area contributed by atoms with Gasteiger partial charge in [-0.2, -0.15) is 0 Å². The lowest BCUT2D eigenvalue weighted by atomic mass is 10.1. The standard InChI is InChI=1S/C10H20O4Si/c1-7(2)10(13)14-9(4-3-5-15)8(12)6-11/h8-9,11-12H,1,3-6H2,2,15H3. The molecule has 0 saturated heterocycles. The van der Waals surface area contributed by atoms with Crippen molar-refractivity contribution in [3.05, 3.63) is 12.2 Å². The van der Waals surface area contributed by atoms with Crippen molar-refractivity contribution < 1.29 is 19.7 Å². The van der Waals surface area contributed by atoms with Gasteiger partial charge in [-0.1, -0.05) is 19.0 Å². The summed E-state index contributed by atoms with van der Waals surface area (Å²) < 4.78 is 5.03. The zero-order valence-corrected chi connectivity index (χ0v) is 11.4. The lowest BCUT2D eigenvalue weighted by molar-refractivity contribution is -0.152. The van der Waals surface area contributed by atoms with Crippen molar-refractivity contribution in [2.24, 2.45) is 0 Å². The number of aliphatic hydroxyl groups excluding tert-OH is 2.